The number of pyridine rings is 1. The molecule has 10 nitrogen and oxygen atoms in total. The Bertz CT molecular complexity index is 2000. The third-order valence-corrected chi connectivity index (χ3v) is 12.3. The predicted molar refractivity (Wildman–Crippen MR) is 208 cm³/mol. The molecule has 1 saturated heterocycles. The van der Waals surface area contributed by atoms with Crippen LogP contribution < -0.4 is 23.5 Å². The molecule has 5 aliphatic rings. The average Bonchev–Trinajstić information content (AvgIpc) is 3.63. The molecule has 1 N–H and O–H groups in total. The molecule has 7 atom stereocenters. The summed E-state index contributed by atoms with van der Waals surface area (Å²) in [6.45, 7) is 11.5. The van der Waals surface area contributed by atoms with Crippen LogP contribution in [0, 0.1) is 29.1 Å². The van der Waals surface area contributed by atoms with E-state index in [4.69, 9.17) is 28.4 Å². The number of esters is 2. The summed E-state index contributed by atoms with van der Waals surface area (Å²) in [5.41, 5.74) is 4.46. The number of aromatic nitrogens is 1. The first-order valence-corrected chi connectivity index (χ1v) is 19.9. The van der Waals surface area contributed by atoms with Crippen molar-refractivity contribution in [3.63, 3.8) is 0 Å². The van der Waals surface area contributed by atoms with Gasteiger partial charge < -0.3 is 33.5 Å². The summed E-state index contributed by atoms with van der Waals surface area (Å²) in [7, 11) is 3.34. The lowest BCUT2D eigenvalue weighted by Gasteiger charge is -2.44. The maximum Gasteiger partial charge on any atom is 0.311 e. The fraction of sp³-hybridized carbons (Fsp3) is 0.533. The Labute approximate surface area is 324 Å². The molecule has 294 valence electrons. The minimum Gasteiger partial charge on any atom is -0.493 e. The van der Waals surface area contributed by atoms with Crippen molar-refractivity contribution >= 4 is 22.7 Å². The number of cyclic esters (lactones) is 1. The molecule has 1 aromatic heterocycles. The highest BCUT2D eigenvalue weighted by atomic mass is 16.7. The minimum absolute atomic E-state index is 0.0949. The number of aliphatic hydroxyl groups excluding tert-OH is 1. The van der Waals surface area contributed by atoms with Crippen LogP contribution in [0.4, 0.5) is 0 Å². The number of hydrogen-bond donors (Lipinski definition) is 1. The number of carbonyl (C=O) groups excluding carboxylic acids is 2. The number of nitrogens with zero attached hydrogens (tertiary/aromatic N) is 1. The molecular weight excluding hydrogens is 698 g/mol. The summed E-state index contributed by atoms with van der Waals surface area (Å²) in [4.78, 5) is 24.6. The van der Waals surface area contributed by atoms with Gasteiger partial charge in [-0.1, -0.05) is 39.0 Å². The van der Waals surface area contributed by atoms with Gasteiger partial charge in [0.05, 0.1) is 43.1 Å². The van der Waals surface area contributed by atoms with Crippen LogP contribution in [0.3, 0.4) is 0 Å². The van der Waals surface area contributed by atoms with Crippen molar-refractivity contribution in [1.82, 2.24) is 0 Å². The lowest BCUT2D eigenvalue weighted by Crippen LogP contribution is -2.43. The summed E-state index contributed by atoms with van der Waals surface area (Å²) < 4.78 is 36.0. The number of carbonyl (C=O) groups is 2. The van der Waals surface area contributed by atoms with Crippen molar-refractivity contribution in [1.29, 1.82) is 0 Å². The van der Waals surface area contributed by atoms with Gasteiger partial charge in [-0.3, -0.25) is 9.59 Å². The van der Waals surface area contributed by atoms with E-state index in [2.05, 4.69) is 67.1 Å². The molecule has 0 spiro atoms. The number of methoxy groups -OCH3 is 2. The van der Waals surface area contributed by atoms with Crippen molar-refractivity contribution in [2.75, 3.05) is 21.0 Å². The van der Waals surface area contributed by atoms with E-state index in [-0.39, 0.29) is 36.5 Å². The number of rotatable bonds is 8. The van der Waals surface area contributed by atoms with Crippen LogP contribution in [0.2, 0.25) is 0 Å². The molecule has 0 bridgehead atoms. The van der Waals surface area contributed by atoms with Crippen LogP contribution in [0.15, 0.2) is 60.3 Å². The molecule has 2 aliphatic carbocycles. The van der Waals surface area contributed by atoms with Crippen molar-refractivity contribution in [2.24, 2.45) is 29.1 Å². The summed E-state index contributed by atoms with van der Waals surface area (Å²) in [5.74, 6) is 3.96. The second kappa shape index (κ2) is 15.9. The Hall–Kier alpha value is -4.57. The number of aryl methyl sites for hydroxylation is 2. The highest BCUT2D eigenvalue weighted by molar-refractivity contribution is 5.91. The number of allylic oxidation sites excluding steroid dienone is 3. The van der Waals surface area contributed by atoms with Crippen LogP contribution in [-0.4, -0.2) is 56.4 Å². The first kappa shape index (κ1) is 38.7. The van der Waals surface area contributed by atoms with Crippen molar-refractivity contribution in [3.8, 4) is 34.3 Å². The fourth-order valence-corrected chi connectivity index (χ4v) is 8.85. The molecule has 4 heterocycles. The molecule has 8 rings (SSSR count). The minimum atomic E-state index is -0.601. The highest BCUT2D eigenvalue weighted by Crippen LogP contribution is 2.46. The van der Waals surface area contributed by atoms with Crippen LogP contribution in [-0.2, 0) is 32.0 Å². The van der Waals surface area contributed by atoms with E-state index in [1.807, 2.05) is 26.8 Å². The first-order valence-electron chi connectivity index (χ1n) is 19.9. The molecule has 1 fully saturated rings. The van der Waals surface area contributed by atoms with Gasteiger partial charge in [-0.25, -0.2) is 0 Å². The zero-order valence-electron chi connectivity index (χ0n) is 33.3. The van der Waals surface area contributed by atoms with Gasteiger partial charge in [0.1, 0.15) is 12.2 Å². The topological polar surface area (TPSA) is 114 Å². The van der Waals surface area contributed by atoms with E-state index < -0.39 is 11.5 Å². The van der Waals surface area contributed by atoms with Gasteiger partial charge in [-0.15, -0.1) is 0 Å². The van der Waals surface area contributed by atoms with Gasteiger partial charge >= 0.3 is 11.9 Å². The second-order valence-electron chi connectivity index (χ2n) is 16.5. The van der Waals surface area contributed by atoms with Crippen molar-refractivity contribution < 1.29 is 47.7 Å². The molecule has 10 heteroatoms. The largest absolute Gasteiger partial charge is 0.493 e. The van der Waals surface area contributed by atoms with Gasteiger partial charge in [-0.05, 0) is 98.1 Å². The van der Waals surface area contributed by atoms with Crippen molar-refractivity contribution in [3.05, 3.63) is 65.9 Å². The van der Waals surface area contributed by atoms with Gasteiger partial charge in [0.2, 0.25) is 12.5 Å². The Kier molecular flexibility index (Phi) is 11.2. The first-order chi connectivity index (χ1) is 26.4. The quantitative estimate of drug-likeness (QED) is 0.183. The number of benzene rings is 2. The maximum atomic E-state index is 12.9. The standard InChI is InChI=1S/C25H38O5.C20H18NO4/c1-6-25(4,5)24(28)30-21-12-15(2)11-17-8-7-16(3)20(23(17)21)10-9-19-13-18(26)14-22(27)29-19;1-22-17-4-3-12-7-16-14-9-19-18(24-11-25-19)8-13(14)5-6-21(16)10-15(12)20(17)23-2/h7-8,11,15-16,18-21,23,26H,6,9-10,12-14H2,1-5H3;3-4,7-10H,5-6,11H2,1-2H3/q;+1/t15-,16-,18+,19+,20-,21-,23-;/m0./s1. The number of hydrogen-bond acceptors (Lipinski definition) is 9. The molecule has 3 aliphatic heterocycles. The molecule has 0 unspecified atom stereocenters. The summed E-state index contributed by atoms with van der Waals surface area (Å²) >= 11 is 0. The van der Waals surface area contributed by atoms with Crippen LogP contribution in [0.1, 0.15) is 78.7 Å². The van der Waals surface area contributed by atoms with E-state index in [0.29, 0.717) is 31.0 Å². The highest BCUT2D eigenvalue weighted by Gasteiger charge is 2.43. The molecule has 55 heavy (non-hydrogen) atoms. The van der Waals surface area contributed by atoms with E-state index >= 15 is 0 Å². The van der Waals surface area contributed by atoms with Crippen LogP contribution in [0.25, 0.3) is 22.0 Å². The zero-order chi connectivity index (χ0) is 39.0. The fourth-order valence-electron chi connectivity index (χ4n) is 8.85. The Morgan fingerprint density at radius 2 is 1.82 bits per heavy atom. The molecule has 0 amide bonds. The average molecular weight is 755 g/mol. The maximum absolute atomic E-state index is 12.9. The number of fused-ring (bicyclic) bond motifs is 6. The summed E-state index contributed by atoms with van der Waals surface area (Å²) in [5, 5.41) is 12.1. The van der Waals surface area contributed by atoms with E-state index in [1.54, 1.807) is 14.2 Å². The van der Waals surface area contributed by atoms with Gasteiger partial charge in [0.25, 0.3) is 0 Å². The van der Waals surface area contributed by atoms with E-state index in [9.17, 15) is 14.7 Å². The number of ether oxygens (including phenoxy) is 6. The van der Waals surface area contributed by atoms with Crippen molar-refractivity contribution in [2.45, 2.75) is 104 Å². The van der Waals surface area contributed by atoms with E-state index in [1.165, 1.54) is 22.4 Å². The molecule has 0 radical (unpaired) electrons. The second-order valence-corrected chi connectivity index (χ2v) is 16.5. The Morgan fingerprint density at radius 1 is 1.04 bits per heavy atom. The molecular formula is C45H56NO9+. The Morgan fingerprint density at radius 3 is 2.55 bits per heavy atom. The van der Waals surface area contributed by atoms with Gasteiger partial charge in [0.15, 0.2) is 35.7 Å². The zero-order valence-corrected chi connectivity index (χ0v) is 33.3. The normalized spacial score (nSPS) is 26.4. The Balaban J connectivity index is 0.000000171. The monoisotopic (exact) mass is 754 g/mol. The van der Waals surface area contributed by atoms with E-state index in [0.717, 1.165) is 72.4 Å². The lowest BCUT2D eigenvalue weighted by atomic mass is 9.65. The van der Waals surface area contributed by atoms with Crippen LogP contribution >= 0.6 is 0 Å². The lowest BCUT2D eigenvalue weighted by molar-refractivity contribution is -0.686. The third-order valence-electron chi connectivity index (χ3n) is 12.3. The number of aliphatic hydroxyl groups is 1. The third kappa shape index (κ3) is 7.93. The van der Waals surface area contributed by atoms with Gasteiger partial charge in [-0.2, -0.15) is 4.57 Å². The van der Waals surface area contributed by atoms with Gasteiger partial charge in [0, 0.05) is 24.8 Å². The smallest absolute Gasteiger partial charge is 0.311 e. The summed E-state index contributed by atoms with van der Waals surface area (Å²) in [6, 6.07) is 10.4. The predicted octanol–water partition coefficient (Wildman–Crippen LogP) is 7.68. The summed E-state index contributed by atoms with van der Waals surface area (Å²) in [6.07, 6.45) is 12.7. The van der Waals surface area contributed by atoms with Crippen LogP contribution in [0.5, 0.6) is 23.0 Å². The SMILES string of the molecule is CCC(C)(C)C(=O)O[C@H]1C[C@@H](C)C=C2C=C[C@H](C)[C@H](CC[C@@H]3C[C@@H](O)CC(=O)O3)[C@H]21.COc1ccc2cc3[n+](cc2c1OC)CCc1cc2c(cc1-3)OCO2. The molecule has 3 aromatic rings. The molecule has 0 saturated carbocycles. The molecule has 2 aromatic carbocycles.